The van der Waals surface area contributed by atoms with E-state index < -0.39 is 0 Å². The van der Waals surface area contributed by atoms with Gasteiger partial charge in [-0.15, -0.1) is 0 Å². The number of hydrogen-bond acceptors (Lipinski definition) is 2. The highest BCUT2D eigenvalue weighted by Crippen LogP contribution is 2.22. The quantitative estimate of drug-likeness (QED) is 0.790. The second-order valence-electron chi connectivity index (χ2n) is 5.59. The molecule has 2 N–H and O–H groups in total. The number of nitrogens with zero attached hydrogens (tertiary/aromatic N) is 1. The average molecular weight is 276 g/mol. The number of carbonyl (C=O) groups is 1. The number of carbonyl (C=O) groups excluding carboxylic acids is 1. The minimum Gasteiger partial charge on any atom is -0.330 e. The SMILES string of the molecule is CCN(C(=O)CCC(CCN)C(C)C)c1ccccc1. The third kappa shape index (κ3) is 4.97. The highest BCUT2D eigenvalue weighted by Gasteiger charge is 2.18. The lowest BCUT2D eigenvalue weighted by molar-refractivity contribution is -0.118. The molecule has 0 heterocycles. The summed E-state index contributed by atoms with van der Waals surface area (Å²) in [5.74, 6) is 1.33. The van der Waals surface area contributed by atoms with Crippen molar-refractivity contribution >= 4 is 11.6 Å². The van der Waals surface area contributed by atoms with E-state index in [9.17, 15) is 4.79 Å². The zero-order valence-corrected chi connectivity index (χ0v) is 13.0. The van der Waals surface area contributed by atoms with E-state index >= 15 is 0 Å². The molecule has 1 aromatic rings. The minimum atomic E-state index is 0.210. The Kier molecular flexibility index (Phi) is 7.31. The first-order chi connectivity index (χ1) is 9.60. The summed E-state index contributed by atoms with van der Waals surface area (Å²) in [6.45, 7) is 7.85. The number of nitrogens with two attached hydrogens (primary N) is 1. The zero-order valence-electron chi connectivity index (χ0n) is 13.0. The van der Waals surface area contributed by atoms with Gasteiger partial charge in [0.25, 0.3) is 0 Å². The van der Waals surface area contributed by atoms with Crippen molar-refractivity contribution in [3.8, 4) is 0 Å². The largest absolute Gasteiger partial charge is 0.330 e. The number of benzene rings is 1. The summed E-state index contributed by atoms with van der Waals surface area (Å²) in [5.41, 5.74) is 6.64. The first-order valence-electron chi connectivity index (χ1n) is 7.65. The molecule has 0 spiro atoms. The van der Waals surface area contributed by atoms with E-state index in [1.165, 1.54) is 0 Å². The third-order valence-corrected chi connectivity index (χ3v) is 3.89. The lowest BCUT2D eigenvalue weighted by Gasteiger charge is -2.24. The molecule has 1 atom stereocenters. The molecule has 0 aliphatic heterocycles. The molecular formula is C17H28N2O. The lowest BCUT2D eigenvalue weighted by atomic mass is 9.88. The molecule has 0 saturated carbocycles. The number of amides is 1. The fraction of sp³-hybridized carbons (Fsp3) is 0.588. The Morgan fingerprint density at radius 1 is 1.20 bits per heavy atom. The van der Waals surface area contributed by atoms with Gasteiger partial charge in [0.2, 0.25) is 5.91 Å². The summed E-state index contributed by atoms with van der Waals surface area (Å²) in [4.78, 5) is 14.3. The van der Waals surface area contributed by atoms with Gasteiger partial charge in [0.15, 0.2) is 0 Å². The van der Waals surface area contributed by atoms with E-state index in [1.807, 2.05) is 42.2 Å². The monoisotopic (exact) mass is 276 g/mol. The molecule has 0 aliphatic rings. The second-order valence-corrected chi connectivity index (χ2v) is 5.59. The summed E-state index contributed by atoms with van der Waals surface area (Å²) in [6, 6.07) is 9.88. The Balaban J connectivity index is 2.60. The number of hydrogen-bond donors (Lipinski definition) is 1. The third-order valence-electron chi connectivity index (χ3n) is 3.89. The van der Waals surface area contributed by atoms with Gasteiger partial charge >= 0.3 is 0 Å². The average Bonchev–Trinajstić information content (AvgIpc) is 2.45. The molecule has 0 aromatic heterocycles. The maximum absolute atomic E-state index is 12.4. The van der Waals surface area contributed by atoms with Crippen LogP contribution in [-0.4, -0.2) is 19.0 Å². The van der Waals surface area contributed by atoms with Gasteiger partial charge in [-0.1, -0.05) is 32.0 Å². The van der Waals surface area contributed by atoms with Crippen LogP contribution in [0.15, 0.2) is 30.3 Å². The van der Waals surface area contributed by atoms with E-state index in [2.05, 4.69) is 13.8 Å². The van der Waals surface area contributed by atoms with Gasteiger partial charge in [-0.3, -0.25) is 4.79 Å². The Bertz CT molecular complexity index is 389. The van der Waals surface area contributed by atoms with Crippen LogP contribution < -0.4 is 10.6 Å². The minimum absolute atomic E-state index is 0.210. The lowest BCUT2D eigenvalue weighted by Crippen LogP contribution is -2.31. The van der Waals surface area contributed by atoms with Crippen LogP contribution in [0.3, 0.4) is 0 Å². The topological polar surface area (TPSA) is 46.3 Å². The Morgan fingerprint density at radius 3 is 2.35 bits per heavy atom. The summed E-state index contributed by atoms with van der Waals surface area (Å²) >= 11 is 0. The number of anilines is 1. The molecule has 3 nitrogen and oxygen atoms in total. The Labute approximate surface area is 123 Å². The van der Waals surface area contributed by atoms with E-state index in [4.69, 9.17) is 5.73 Å². The van der Waals surface area contributed by atoms with Crippen LogP contribution in [0.1, 0.15) is 40.0 Å². The maximum Gasteiger partial charge on any atom is 0.226 e. The van der Waals surface area contributed by atoms with Crippen LogP contribution in [0.2, 0.25) is 0 Å². The molecule has 112 valence electrons. The van der Waals surface area contributed by atoms with Crippen molar-refractivity contribution in [3.63, 3.8) is 0 Å². The van der Waals surface area contributed by atoms with E-state index in [0.717, 1.165) is 18.5 Å². The molecular weight excluding hydrogens is 248 g/mol. The van der Waals surface area contributed by atoms with Crippen LogP contribution in [0, 0.1) is 11.8 Å². The van der Waals surface area contributed by atoms with Gasteiger partial charge in [-0.2, -0.15) is 0 Å². The number of para-hydroxylation sites is 1. The fourth-order valence-corrected chi connectivity index (χ4v) is 2.58. The standard InChI is InChI=1S/C17H28N2O/c1-4-19(16-8-6-5-7-9-16)17(20)11-10-15(12-13-18)14(2)3/h5-9,14-15H,4,10-13,18H2,1-3H3. The van der Waals surface area contributed by atoms with Gasteiger partial charge in [-0.05, 0) is 50.3 Å². The van der Waals surface area contributed by atoms with Crippen molar-refractivity contribution in [1.82, 2.24) is 0 Å². The zero-order chi connectivity index (χ0) is 15.0. The van der Waals surface area contributed by atoms with Crippen molar-refractivity contribution in [2.24, 2.45) is 17.6 Å². The first-order valence-corrected chi connectivity index (χ1v) is 7.65. The van der Waals surface area contributed by atoms with Crippen molar-refractivity contribution in [3.05, 3.63) is 30.3 Å². The van der Waals surface area contributed by atoms with Crippen LogP contribution in [-0.2, 0) is 4.79 Å². The molecule has 0 bridgehead atoms. The van der Waals surface area contributed by atoms with Gasteiger partial charge in [0, 0.05) is 18.7 Å². The normalized spacial score (nSPS) is 12.4. The van der Waals surface area contributed by atoms with Gasteiger partial charge in [0.05, 0.1) is 0 Å². The second kappa shape index (κ2) is 8.75. The van der Waals surface area contributed by atoms with Crippen LogP contribution in [0.4, 0.5) is 5.69 Å². The molecule has 1 unspecified atom stereocenters. The smallest absolute Gasteiger partial charge is 0.226 e. The summed E-state index contributed by atoms with van der Waals surface area (Å²) in [7, 11) is 0. The highest BCUT2D eigenvalue weighted by atomic mass is 16.2. The van der Waals surface area contributed by atoms with E-state index in [0.29, 0.717) is 31.3 Å². The van der Waals surface area contributed by atoms with Crippen LogP contribution in [0.5, 0.6) is 0 Å². The van der Waals surface area contributed by atoms with Crippen molar-refractivity contribution in [1.29, 1.82) is 0 Å². The fourth-order valence-electron chi connectivity index (χ4n) is 2.58. The first kappa shape index (κ1) is 16.7. The highest BCUT2D eigenvalue weighted by molar-refractivity contribution is 5.93. The predicted octanol–water partition coefficient (Wildman–Crippen LogP) is 3.44. The molecule has 0 saturated heterocycles. The van der Waals surface area contributed by atoms with Gasteiger partial charge in [0.1, 0.15) is 0 Å². The van der Waals surface area contributed by atoms with Crippen molar-refractivity contribution in [2.75, 3.05) is 18.0 Å². The molecule has 0 aliphatic carbocycles. The number of rotatable bonds is 8. The van der Waals surface area contributed by atoms with Crippen LogP contribution in [0.25, 0.3) is 0 Å². The predicted molar refractivity (Wildman–Crippen MR) is 85.7 cm³/mol. The summed E-state index contributed by atoms with van der Waals surface area (Å²) in [6.07, 6.45) is 2.53. The molecule has 3 heteroatoms. The molecule has 20 heavy (non-hydrogen) atoms. The Hall–Kier alpha value is -1.35. The molecule has 1 amide bonds. The summed E-state index contributed by atoms with van der Waals surface area (Å²) < 4.78 is 0. The van der Waals surface area contributed by atoms with Crippen LogP contribution >= 0.6 is 0 Å². The molecule has 0 radical (unpaired) electrons. The van der Waals surface area contributed by atoms with Crippen molar-refractivity contribution in [2.45, 2.75) is 40.0 Å². The van der Waals surface area contributed by atoms with E-state index in [1.54, 1.807) is 0 Å². The maximum atomic E-state index is 12.4. The van der Waals surface area contributed by atoms with Gasteiger partial charge < -0.3 is 10.6 Å². The van der Waals surface area contributed by atoms with Crippen molar-refractivity contribution < 1.29 is 4.79 Å². The molecule has 1 rings (SSSR count). The molecule has 0 fully saturated rings. The van der Waals surface area contributed by atoms with Gasteiger partial charge in [-0.25, -0.2) is 0 Å². The van der Waals surface area contributed by atoms with E-state index in [-0.39, 0.29) is 5.91 Å². The molecule has 1 aromatic carbocycles. The Morgan fingerprint density at radius 2 is 1.85 bits per heavy atom. The summed E-state index contributed by atoms with van der Waals surface area (Å²) in [5, 5.41) is 0.